The molecule has 2 rings (SSSR count). The molecule has 0 N–H and O–H groups in total. The van der Waals surface area contributed by atoms with Crippen molar-refractivity contribution in [2.24, 2.45) is 5.41 Å². The summed E-state index contributed by atoms with van der Waals surface area (Å²) in [6, 6.07) is 6.47. The van der Waals surface area contributed by atoms with Crippen LogP contribution in [0.1, 0.15) is 84.6 Å². The molecule has 0 bridgehead atoms. The maximum absolute atomic E-state index is 11.8. The molecule has 5 heteroatoms. The van der Waals surface area contributed by atoms with E-state index in [1.165, 1.54) is 15.6 Å². The summed E-state index contributed by atoms with van der Waals surface area (Å²) >= 11 is 0.121. The molecule has 4 atom stereocenters. The van der Waals surface area contributed by atoms with Gasteiger partial charge in [-0.3, -0.25) is 0 Å². The van der Waals surface area contributed by atoms with Crippen molar-refractivity contribution in [1.82, 2.24) is 0 Å². The van der Waals surface area contributed by atoms with Crippen molar-refractivity contribution in [1.29, 1.82) is 0 Å². The summed E-state index contributed by atoms with van der Waals surface area (Å²) in [5, 5.41) is 0. The van der Waals surface area contributed by atoms with Crippen LogP contribution >= 0.6 is 0 Å². The summed E-state index contributed by atoms with van der Waals surface area (Å²) in [6.07, 6.45) is 1.41. The first-order valence-corrected chi connectivity index (χ1v) is 12.3. The Hall–Kier alpha value is -0.871. The van der Waals surface area contributed by atoms with Gasteiger partial charge in [-0.1, -0.05) is 0 Å². The van der Waals surface area contributed by atoms with E-state index in [1.807, 2.05) is 13.8 Å². The Morgan fingerprint density at radius 3 is 2.04 bits per heavy atom. The van der Waals surface area contributed by atoms with Crippen LogP contribution in [0, 0.1) is 5.41 Å². The van der Waals surface area contributed by atoms with E-state index in [4.69, 9.17) is 14.2 Å². The molecule has 0 saturated carbocycles. The second kappa shape index (κ2) is 10.2. The van der Waals surface area contributed by atoms with Crippen LogP contribution in [-0.4, -0.2) is 40.2 Å². The van der Waals surface area contributed by atoms with Crippen LogP contribution in [0.5, 0.6) is 0 Å². The second-order valence-electron chi connectivity index (χ2n) is 8.43. The number of esters is 1. The van der Waals surface area contributed by atoms with Crippen molar-refractivity contribution in [3.05, 3.63) is 29.3 Å². The number of rotatable bonds is 9. The molecular weight excluding hydrogens is 419 g/mol. The van der Waals surface area contributed by atoms with E-state index in [1.54, 1.807) is 0 Å². The Balaban J connectivity index is 2.47. The quantitative estimate of drug-likeness (QED) is 0.398. The van der Waals surface area contributed by atoms with Crippen molar-refractivity contribution in [3.8, 4) is 0 Å². The van der Waals surface area contributed by atoms with E-state index in [2.05, 4.69) is 52.8 Å². The zero-order valence-electron chi connectivity index (χ0n) is 18.4. The molecule has 4 nitrogen and oxygen atoms in total. The maximum atomic E-state index is 11.8. The van der Waals surface area contributed by atoms with E-state index in [9.17, 15) is 4.79 Å². The molecule has 158 valence electrons. The van der Waals surface area contributed by atoms with E-state index >= 15 is 0 Å². The number of hydrogen-bond donors (Lipinski definition) is 0. The first-order valence-electron chi connectivity index (χ1n) is 10.4. The van der Waals surface area contributed by atoms with E-state index < -0.39 is 0 Å². The van der Waals surface area contributed by atoms with Gasteiger partial charge in [-0.05, 0) is 0 Å². The molecule has 0 spiro atoms. The van der Waals surface area contributed by atoms with Gasteiger partial charge in [-0.2, -0.15) is 0 Å². The van der Waals surface area contributed by atoms with Gasteiger partial charge in [0.25, 0.3) is 0 Å². The molecule has 0 aliphatic carbocycles. The fraction of sp³-hybridized carbons (Fsp3) is 0.696. The van der Waals surface area contributed by atoms with E-state index in [0.717, 1.165) is 6.42 Å². The Kier molecular flexibility index (Phi) is 8.57. The van der Waals surface area contributed by atoms with Gasteiger partial charge in [0.15, 0.2) is 0 Å². The molecule has 0 unspecified atom stereocenters. The predicted molar refractivity (Wildman–Crippen MR) is 114 cm³/mol. The Morgan fingerprint density at radius 2 is 1.64 bits per heavy atom. The van der Waals surface area contributed by atoms with Crippen molar-refractivity contribution in [2.75, 3.05) is 13.2 Å². The summed E-state index contributed by atoms with van der Waals surface area (Å²) in [5.74, 6) is -0.0612. The minimum atomic E-state index is -0.0612. The third-order valence-corrected chi connectivity index (χ3v) is 9.27. The van der Waals surface area contributed by atoms with Gasteiger partial charge >= 0.3 is 177 Å². The summed E-state index contributed by atoms with van der Waals surface area (Å²) in [6.45, 7) is 16.4. The Bertz CT molecular complexity index is 622. The third-order valence-electron chi connectivity index (χ3n) is 5.14. The summed E-state index contributed by atoms with van der Waals surface area (Å²) in [5.41, 5.74) is 2.53. The molecule has 28 heavy (non-hydrogen) atoms. The van der Waals surface area contributed by atoms with Crippen LogP contribution in [-0.2, 0) is 19.0 Å². The van der Waals surface area contributed by atoms with Gasteiger partial charge in [0.2, 0.25) is 0 Å². The normalized spacial score (nSPS) is 20.7. The standard InChI is InChI=1S/C23H36O4Se/c1-8-25-15(3)17-11-10-12-18(16(4)26-9-2)21(17)28-22(23(5,6)7)19-13-14-20(24)27-19/h10-12,15-16,19,22H,8-9,13-14H2,1-7H3/t15-,16-,19-,22-/m1/s1. The van der Waals surface area contributed by atoms with E-state index in [-0.39, 0.29) is 44.7 Å². The first-order chi connectivity index (χ1) is 13.2. The van der Waals surface area contributed by atoms with Crippen LogP contribution in [0.2, 0.25) is 4.82 Å². The fourth-order valence-electron chi connectivity index (χ4n) is 3.73. The number of benzene rings is 1. The third kappa shape index (κ3) is 5.82. The molecular formula is C23H36O4Se. The van der Waals surface area contributed by atoms with Crippen molar-refractivity contribution >= 4 is 25.4 Å². The Labute approximate surface area is 176 Å². The van der Waals surface area contributed by atoms with Gasteiger partial charge in [-0.25, -0.2) is 0 Å². The minimum absolute atomic E-state index is 0.00166. The van der Waals surface area contributed by atoms with Crippen molar-refractivity contribution < 1.29 is 19.0 Å². The number of hydrogen-bond acceptors (Lipinski definition) is 4. The van der Waals surface area contributed by atoms with Crippen molar-refractivity contribution in [3.63, 3.8) is 0 Å². The fourth-order valence-corrected chi connectivity index (χ4v) is 7.27. The molecule has 0 radical (unpaired) electrons. The molecule has 1 aromatic carbocycles. The average molecular weight is 455 g/mol. The second-order valence-corrected chi connectivity index (χ2v) is 10.8. The van der Waals surface area contributed by atoms with Gasteiger partial charge in [0, 0.05) is 0 Å². The van der Waals surface area contributed by atoms with Gasteiger partial charge < -0.3 is 0 Å². The summed E-state index contributed by atoms with van der Waals surface area (Å²) in [7, 11) is 0. The summed E-state index contributed by atoms with van der Waals surface area (Å²) in [4.78, 5) is 12.1. The molecule has 1 saturated heterocycles. The van der Waals surface area contributed by atoms with Crippen LogP contribution in [0.3, 0.4) is 0 Å². The molecule has 0 aromatic heterocycles. The van der Waals surface area contributed by atoms with Gasteiger partial charge in [-0.15, -0.1) is 0 Å². The van der Waals surface area contributed by atoms with Crippen LogP contribution in [0.15, 0.2) is 18.2 Å². The van der Waals surface area contributed by atoms with Gasteiger partial charge in [0.1, 0.15) is 0 Å². The number of carbonyl (C=O) groups excluding carboxylic acids is 1. The SMILES string of the molecule is CCO[C@H](C)c1cccc([C@@H](C)OCC)c1[Se][C@H]([C@H]1CCC(=O)O1)C(C)(C)C. The zero-order valence-corrected chi connectivity index (χ0v) is 20.1. The van der Waals surface area contributed by atoms with Crippen molar-refractivity contribution in [2.45, 2.75) is 84.4 Å². The molecule has 1 aromatic rings. The van der Waals surface area contributed by atoms with Crippen LogP contribution in [0.25, 0.3) is 0 Å². The molecule has 0 amide bonds. The predicted octanol–water partition coefficient (Wildman–Crippen LogP) is 4.75. The molecule has 1 aliphatic rings. The number of cyclic esters (lactones) is 1. The molecule has 1 heterocycles. The topological polar surface area (TPSA) is 44.8 Å². The Morgan fingerprint density at radius 1 is 1.11 bits per heavy atom. The number of ether oxygens (including phenoxy) is 3. The summed E-state index contributed by atoms with van der Waals surface area (Å²) < 4.78 is 19.0. The molecule has 1 fully saturated rings. The van der Waals surface area contributed by atoms with Crippen LogP contribution in [0.4, 0.5) is 0 Å². The first kappa shape index (κ1) is 23.4. The van der Waals surface area contributed by atoms with E-state index in [0.29, 0.717) is 24.5 Å². The zero-order chi connectivity index (χ0) is 20.9. The number of carbonyl (C=O) groups is 1. The van der Waals surface area contributed by atoms with Gasteiger partial charge in [0.05, 0.1) is 0 Å². The molecule has 1 aliphatic heterocycles. The monoisotopic (exact) mass is 456 g/mol. The van der Waals surface area contributed by atoms with Crippen LogP contribution < -0.4 is 4.46 Å². The average Bonchev–Trinajstić information content (AvgIpc) is 3.04.